The highest BCUT2D eigenvalue weighted by Crippen LogP contribution is 2.53. The van der Waals surface area contributed by atoms with E-state index in [0.717, 1.165) is 0 Å². The Kier molecular flexibility index (Phi) is 6.85. The lowest BCUT2D eigenvalue weighted by molar-refractivity contribution is 0.0923. The van der Waals surface area contributed by atoms with E-state index < -0.39 is 20.2 Å². The van der Waals surface area contributed by atoms with Gasteiger partial charge in [-0.25, -0.2) is 19.5 Å². The van der Waals surface area contributed by atoms with Gasteiger partial charge in [0.25, 0.3) is 5.91 Å². The summed E-state index contributed by atoms with van der Waals surface area (Å²) in [7, 11) is -3.75. The first-order valence-corrected chi connectivity index (χ1v) is 11.9. The fourth-order valence-electron chi connectivity index (χ4n) is 3.38. The van der Waals surface area contributed by atoms with Crippen molar-refractivity contribution in [3.63, 3.8) is 0 Å². The number of phosphoric ester groups is 1. The third-order valence-corrected chi connectivity index (χ3v) is 6.49. The van der Waals surface area contributed by atoms with E-state index in [1.807, 2.05) is 6.07 Å². The molecule has 0 unspecified atom stereocenters. The molecule has 174 valence electrons. The number of nitrogens with one attached hydrogen (secondary N) is 1. The molecule has 3 heterocycles. The Hall–Kier alpha value is -3.11. The minimum atomic E-state index is -3.75. The van der Waals surface area contributed by atoms with Crippen LogP contribution in [0.1, 0.15) is 36.9 Å². The van der Waals surface area contributed by atoms with Crippen LogP contribution >= 0.6 is 7.82 Å². The molecule has 0 spiro atoms. The van der Waals surface area contributed by atoms with Crippen molar-refractivity contribution in [3.8, 4) is 0 Å². The number of aromatic nitrogens is 4. The minimum absolute atomic E-state index is 0.168. The number of fused-ring (bicyclic) bond motifs is 1. The second kappa shape index (κ2) is 9.80. The van der Waals surface area contributed by atoms with Gasteiger partial charge in [-0.3, -0.25) is 22.9 Å². The van der Waals surface area contributed by atoms with Gasteiger partial charge in [-0.2, -0.15) is 0 Å². The average Bonchev–Trinajstić information content (AvgIpc) is 3.38. The topological polar surface area (TPSA) is 127 Å². The molecule has 1 aromatic carbocycles. The van der Waals surface area contributed by atoms with Crippen molar-refractivity contribution in [2.45, 2.75) is 32.6 Å². The van der Waals surface area contributed by atoms with Gasteiger partial charge in [0.05, 0.1) is 13.2 Å². The third kappa shape index (κ3) is 4.96. The summed E-state index contributed by atoms with van der Waals surface area (Å²) in [6.45, 7) is 7.60. The van der Waals surface area contributed by atoms with Crippen molar-refractivity contribution < 1.29 is 27.7 Å². The summed E-state index contributed by atoms with van der Waals surface area (Å²) in [5, 5.41) is 2.76. The van der Waals surface area contributed by atoms with Gasteiger partial charge in [0, 0.05) is 12.0 Å². The highest BCUT2D eigenvalue weighted by atomic mass is 31.2. The number of phosphoric acid groups is 1. The van der Waals surface area contributed by atoms with Gasteiger partial charge < -0.3 is 10.1 Å². The van der Waals surface area contributed by atoms with Crippen molar-refractivity contribution in [1.29, 1.82) is 0 Å². The highest BCUT2D eigenvalue weighted by Gasteiger charge is 2.39. The first-order chi connectivity index (χ1) is 15.9. The van der Waals surface area contributed by atoms with Crippen molar-refractivity contribution >= 4 is 30.7 Å². The van der Waals surface area contributed by atoms with Crippen molar-refractivity contribution in [3.05, 3.63) is 60.9 Å². The maximum Gasteiger partial charge on any atom is 0.475 e. The first-order valence-electron chi connectivity index (χ1n) is 10.4. The molecule has 1 amide bonds. The maximum atomic E-state index is 12.7. The van der Waals surface area contributed by atoms with Gasteiger partial charge in [-0.15, -0.1) is 0 Å². The van der Waals surface area contributed by atoms with Gasteiger partial charge in [0.15, 0.2) is 23.2 Å². The van der Waals surface area contributed by atoms with E-state index in [0.29, 0.717) is 16.7 Å². The Bertz CT molecular complexity index is 1190. The zero-order chi connectivity index (χ0) is 23.4. The van der Waals surface area contributed by atoms with Crippen molar-refractivity contribution in [2.24, 2.45) is 0 Å². The molecule has 0 bridgehead atoms. The SMILES string of the molecule is C=C1O[C@@H](n2cnc3c(NC(=O)c4ccccc4)ncnc32)C[C@@H]1OP(=[17O])(OCC)OCC. The van der Waals surface area contributed by atoms with E-state index in [-0.39, 0.29) is 37.1 Å². The molecule has 4 rings (SSSR count). The summed E-state index contributed by atoms with van der Waals surface area (Å²) in [4.78, 5) is 25.4. The van der Waals surface area contributed by atoms with Crippen LogP contribution in [0.5, 0.6) is 0 Å². The zero-order valence-corrected chi connectivity index (χ0v) is 19.1. The van der Waals surface area contributed by atoms with Crippen LogP contribution in [0.15, 0.2) is 55.3 Å². The lowest BCUT2D eigenvalue weighted by Crippen LogP contribution is -2.14. The predicted octanol–water partition coefficient (Wildman–Crippen LogP) is 4.08. The lowest BCUT2D eigenvalue weighted by atomic mass is 10.2. The van der Waals surface area contributed by atoms with Crippen molar-refractivity contribution in [1.82, 2.24) is 19.5 Å². The smallest absolute Gasteiger partial charge is 0.472 e. The molecule has 1 aliphatic rings. The van der Waals surface area contributed by atoms with Crippen LogP contribution in [0.2, 0.25) is 0 Å². The number of anilines is 1. The number of nitrogens with zero attached hydrogens (tertiary/aromatic N) is 4. The van der Waals surface area contributed by atoms with Crippen LogP contribution in [-0.2, 0) is 22.9 Å². The number of hydrogen-bond acceptors (Lipinski definition) is 9. The second-order valence-electron chi connectivity index (χ2n) is 7.02. The van der Waals surface area contributed by atoms with Crippen LogP contribution in [0.4, 0.5) is 5.82 Å². The molecule has 1 fully saturated rings. The number of rotatable bonds is 9. The number of benzene rings is 1. The lowest BCUT2D eigenvalue weighted by Gasteiger charge is -2.19. The van der Waals surface area contributed by atoms with E-state index in [4.69, 9.17) is 18.3 Å². The molecule has 0 saturated carbocycles. The number of ether oxygens (including phenoxy) is 1. The summed E-state index contributed by atoms with van der Waals surface area (Å²) >= 11 is 0. The molecule has 33 heavy (non-hydrogen) atoms. The standard InChI is InChI=1S/C21H24N5O6P/c1-4-29-33(28,30-5-2)32-16-11-17(31-14(16)3)26-13-24-18-19(22-12-23-20(18)26)25-21(27)15-9-7-6-8-10-15/h6-10,12-13,16-17H,3-5,11H2,1-2H3,(H,22,23,25,27)/t16-,17+/m0/s1/i28+1. The quantitative estimate of drug-likeness (QED) is 0.456. The number of carbonyl (C=O) groups excluding carboxylic acids is 1. The molecular weight excluding hydrogens is 450 g/mol. The molecular formula is C21H24N5O6P. The summed E-state index contributed by atoms with van der Waals surface area (Å²) in [6.07, 6.45) is 1.86. The monoisotopic (exact) mass is 474 g/mol. The van der Waals surface area contributed by atoms with Gasteiger partial charge in [-0.05, 0) is 26.0 Å². The molecule has 2 aromatic heterocycles. The minimum Gasteiger partial charge on any atom is -0.472 e. The molecule has 1 aliphatic heterocycles. The zero-order valence-electron chi connectivity index (χ0n) is 18.2. The van der Waals surface area contributed by atoms with Crippen LogP contribution < -0.4 is 5.32 Å². The predicted molar refractivity (Wildman–Crippen MR) is 119 cm³/mol. The van der Waals surface area contributed by atoms with Gasteiger partial charge >= 0.3 is 7.82 Å². The maximum absolute atomic E-state index is 12.7. The van der Waals surface area contributed by atoms with Gasteiger partial charge in [-0.1, -0.05) is 24.8 Å². The van der Waals surface area contributed by atoms with E-state index in [2.05, 4.69) is 26.8 Å². The van der Waals surface area contributed by atoms with E-state index >= 15 is 0 Å². The van der Waals surface area contributed by atoms with Crippen LogP contribution in [0.3, 0.4) is 0 Å². The van der Waals surface area contributed by atoms with Crippen LogP contribution in [0.25, 0.3) is 11.2 Å². The normalized spacial score (nSPS) is 18.4. The fraction of sp³-hybridized carbons (Fsp3) is 0.333. The van der Waals surface area contributed by atoms with Gasteiger partial charge in [0.1, 0.15) is 24.5 Å². The molecule has 1 N–H and O–H groups in total. The molecule has 1 saturated heterocycles. The summed E-state index contributed by atoms with van der Waals surface area (Å²) in [5.74, 6) is 0.245. The molecule has 11 nitrogen and oxygen atoms in total. The second-order valence-corrected chi connectivity index (χ2v) is 8.64. The Morgan fingerprint density at radius 1 is 1.24 bits per heavy atom. The summed E-state index contributed by atoms with van der Waals surface area (Å²) in [5.41, 5.74) is 1.34. The van der Waals surface area contributed by atoms with Crippen molar-refractivity contribution in [2.75, 3.05) is 18.5 Å². The Morgan fingerprint density at radius 2 is 1.97 bits per heavy atom. The molecule has 0 radical (unpaired) electrons. The largest absolute Gasteiger partial charge is 0.475 e. The van der Waals surface area contributed by atoms with E-state index in [1.165, 1.54) is 12.7 Å². The molecule has 3 aromatic rings. The molecule has 12 heteroatoms. The Balaban J connectivity index is 1.54. The number of amides is 1. The number of carbonyl (C=O) groups is 1. The summed E-state index contributed by atoms with van der Waals surface area (Å²) in [6, 6.07) is 8.78. The fourth-order valence-corrected chi connectivity index (χ4v) is 4.72. The van der Waals surface area contributed by atoms with Gasteiger partial charge in [0.2, 0.25) is 0 Å². The summed E-state index contributed by atoms with van der Waals surface area (Å²) < 4.78 is 36.3. The third-order valence-electron chi connectivity index (χ3n) is 4.83. The van der Waals surface area contributed by atoms with E-state index in [9.17, 15) is 9.36 Å². The Labute approximate surface area is 190 Å². The van der Waals surface area contributed by atoms with Crippen LogP contribution in [-0.4, -0.2) is 44.7 Å². The highest BCUT2D eigenvalue weighted by molar-refractivity contribution is 7.48. The number of hydrogen-bond donors (Lipinski definition) is 1. The average molecular weight is 474 g/mol. The molecule has 0 aliphatic carbocycles. The van der Waals surface area contributed by atoms with Crippen LogP contribution in [0, 0.1) is 0 Å². The number of imidazole rings is 1. The van der Waals surface area contributed by atoms with E-state index in [1.54, 1.807) is 42.7 Å². The Morgan fingerprint density at radius 3 is 2.67 bits per heavy atom. The first kappa shape index (κ1) is 23.1. The molecule has 2 atom stereocenters.